The van der Waals surface area contributed by atoms with Crippen molar-refractivity contribution < 1.29 is 14.3 Å². The SMILES string of the molecule is CCSc1nc2n(n1)C(c1cc(Br)c(OC(C)C)c(OC)c1)C(C(=O)Nc1cccc(C)c1C)=C(C)N2. The normalized spacial score (nSPS) is 14.9. The lowest BCUT2D eigenvalue weighted by Gasteiger charge is -2.29. The Morgan fingerprint density at radius 1 is 1.27 bits per heavy atom. The maximum atomic E-state index is 13.9. The molecule has 1 aliphatic rings. The third kappa shape index (κ3) is 5.50. The number of ether oxygens (including phenoxy) is 2. The van der Waals surface area contributed by atoms with Crippen molar-refractivity contribution in [1.29, 1.82) is 0 Å². The lowest BCUT2D eigenvalue weighted by Crippen LogP contribution is -2.31. The highest BCUT2D eigenvalue weighted by atomic mass is 79.9. The van der Waals surface area contributed by atoms with Crippen LogP contribution in [-0.4, -0.2) is 39.6 Å². The van der Waals surface area contributed by atoms with E-state index in [0.717, 1.165) is 32.6 Å². The summed E-state index contributed by atoms with van der Waals surface area (Å²) in [7, 11) is 1.60. The summed E-state index contributed by atoms with van der Waals surface area (Å²) >= 11 is 5.21. The molecule has 1 aliphatic heterocycles. The van der Waals surface area contributed by atoms with Crippen LogP contribution in [0.15, 0.2) is 51.2 Å². The van der Waals surface area contributed by atoms with Crippen molar-refractivity contribution in [2.75, 3.05) is 23.5 Å². The predicted octanol–water partition coefficient (Wildman–Crippen LogP) is 6.49. The Balaban J connectivity index is 1.85. The molecule has 2 aromatic carbocycles. The molecule has 1 aromatic heterocycles. The Hall–Kier alpha value is -2.98. The molecule has 1 unspecified atom stereocenters. The Bertz CT molecular complexity index is 1370. The summed E-state index contributed by atoms with van der Waals surface area (Å²) in [5, 5.41) is 11.8. The molecule has 0 saturated carbocycles. The molecule has 10 heteroatoms. The van der Waals surface area contributed by atoms with Crippen molar-refractivity contribution in [2.45, 2.75) is 58.8 Å². The molecule has 8 nitrogen and oxygen atoms in total. The highest BCUT2D eigenvalue weighted by molar-refractivity contribution is 9.10. The van der Waals surface area contributed by atoms with E-state index in [1.165, 1.54) is 0 Å². The minimum Gasteiger partial charge on any atom is -0.493 e. The molecule has 1 atom stereocenters. The zero-order valence-corrected chi connectivity index (χ0v) is 24.5. The van der Waals surface area contributed by atoms with E-state index in [-0.39, 0.29) is 12.0 Å². The number of thioether (sulfide) groups is 1. The number of aromatic nitrogens is 3. The van der Waals surface area contributed by atoms with Crippen molar-refractivity contribution in [3.63, 3.8) is 0 Å². The number of benzene rings is 2. The minimum atomic E-state index is -0.543. The Morgan fingerprint density at radius 3 is 2.70 bits per heavy atom. The topological polar surface area (TPSA) is 90.3 Å². The predicted molar refractivity (Wildman–Crippen MR) is 152 cm³/mol. The Labute approximate surface area is 230 Å². The number of hydrogen-bond donors (Lipinski definition) is 2. The number of nitrogens with zero attached hydrogens (tertiary/aromatic N) is 3. The maximum absolute atomic E-state index is 13.9. The number of fused-ring (bicyclic) bond motifs is 1. The number of nitrogens with one attached hydrogen (secondary N) is 2. The molecule has 37 heavy (non-hydrogen) atoms. The second kappa shape index (κ2) is 11.2. The van der Waals surface area contributed by atoms with Crippen LogP contribution in [0.25, 0.3) is 0 Å². The van der Waals surface area contributed by atoms with Gasteiger partial charge in [-0.1, -0.05) is 30.8 Å². The number of carbonyl (C=O) groups excluding carboxylic acids is 1. The van der Waals surface area contributed by atoms with Gasteiger partial charge in [0.1, 0.15) is 6.04 Å². The van der Waals surface area contributed by atoms with Crippen LogP contribution in [-0.2, 0) is 4.79 Å². The van der Waals surface area contributed by atoms with Crippen LogP contribution in [0.3, 0.4) is 0 Å². The fraction of sp³-hybridized carbons (Fsp3) is 0.370. The minimum absolute atomic E-state index is 0.0356. The lowest BCUT2D eigenvalue weighted by molar-refractivity contribution is -0.113. The summed E-state index contributed by atoms with van der Waals surface area (Å²) in [4.78, 5) is 18.5. The van der Waals surface area contributed by atoms with E-state index in [2.05, 4.69) is 38.5 Å². The zero-order chi connectivity index (χ0) is 26.9. The van der Waals surface area contributed by atoms with Gasteiger partial charge in [-0.25, -0.2) is 4.68 Å². The molecule has 0 bridgehead atoms. The van der Waals surface area contributed by atoms with Gasteiger partial charge in [-0.05, 0) is 91.2 Å². The zero-order valence-electron chi connectivity index (χ0n) is 22.1. The van der Waals surface area contributed by atoms with Crippen molar-refractivity contribution in [1.82, 2.24) is 14.8 Å². The number of anilines is 2. The van der Waals surface area contributed by atoms with E-state index in [0.29, 0.717) is 33.9 Å². The molecule has 0 fully saturated rings. The summed E-state index contributed by atoms with van der Waals surface area (Å²) in [5.41, 5.74) is 4.96. The molecule has 0 aliphatic carbocycles. The first-order valence-corrected chi connectivity index (χ1v) is 13.9. The van der Waals surface area contributed by atoms with E-state index in [1.807, 2.05) is 65.0 Å². The summed E-state index contributed by atoms with van der Waals surface area (Å²) in [6, 6.07) is 9.19. The van der Waals surface area contributed by atoms with Crippen LogP contribution >= 0.6 is 27.7 Å². The summed E-state index contributed by atoms with van der Waals surface area (Å²) in [6.45, 7) is 11.9. The van der Waals surface area contributed by atoms with Crippen LogP contribution in [0.1, 0.15) is 50.4 Å². The van der Waals surface area contributed by atoms with E-state index in [1.54, 1.807) is 23.6 Å². The van der Waals surface area contributed by atoms with E-state index in [9.17, 15) is 4.79 Å². The molecule has 0 radical (unpaired) electrons. The number of aryl methyl sites for hydroxylation is 1. The standard InChI is InChI=1S/C27H32BrN5O3S/c1-8-37-27-31-26-29-17(6)22(25(34)30-20-11-9-10-15(4)16(20)5)23(33(26)32-27)18-12-19(28)24(36-14(2)3)21(13-18)35-7/h9-14,23H,8H2,1-7H3,(H,30,34)(H,29,31,32). The van der Waals surface area contributed by atoms with Crippen LogP contribution in [0.5, 0.6) is 11.5 Å². The first-order chi connectivity index (χ1) is 17.6. The molecular formula is C27H32BrN5O3S. The second-order valence-electron chi connectivity index (χ2n) is 9.06. The monoisotopic (exact) mass is 585 g/mol. The number of allylic oxidation sites excluding steroid dienone is 1. The largest absolute Gasteiger partial charge is 0.493 e. The maximum Gasteiger partial charge on any atom is 0.255 e. The summed E-state index contributed by atoms with van der Waals surface area (Å²) in [5.74, 6) is 2.37. The number of halogens is 1. The van der Waals surface area contributed by atoms with Crippen molar-refractivity contribution >= 4 is 45.2 Å². The second-order valence-corrected chi connectivity index (χ2v) is 11.1. The van der Waals surface area contributed by atoms with Gasteiger partial charge in [-0.15, -0.1) is 5.10 Å². The van der Waals surface area contributed by atoms with Gasteiger partial charge in [0.05, 0.1) is 23.3 Å². The molecule has 2 N–H and O–H groups in total. The number of rotatable bonds is 8. The molecular weight excluding hydrogens is 554 g/mol. The van der Waals surface area contributed by atoms with Gasteiger partial charge in [0.2, 0.25) is 11.1 Å². The Morgan fingerprint density at radius 2 is 2.03 bits per heavy atom. The first kappa shape index (κ1) is 27.1. The first-order valence-electron chi connectivity index (χ1n) is 12.1. The van der Waals surface area contributed by atoms with Crippen molar-refractivity contribution in [2.24, 2.45) is 0 Å². The molecule has 4 rings (SSSR count). The van der Waals surface area contributed by atoms with Crippen LogP contribution in [0, 0.1) is 13.8 Å². The molecule has 1 amide bonds. The fourth-order valence-corrected chi connectivity index (χ4v) is 5.36. The lowest BCUT2D eigenvalue weighted by atomic mass is 9.94. The van der Waals surface area contributed by atoms with Crippen LogP contribution in [0.4, 0.5) is 11.6 Å². The Kier molecular flexibility index (Phi) is 8.18. The smallest absolute Gasteiger partial charge is 0.255 e. The highest BCUT2D eigenvalue weighted by Gasteiger charge is 2.35. The van der Waals surface area contributed by atoms with Crippen LogP contribution < -0.4 is 20.1 Å². The number of amides is 1. The third-order valence-corrected chi connectivity index (χ3v) is 7.43. The van der Waals surface area contributed by atoms with Crippen molar-refractivity contribution in [3.05, 3.63) is 62.8 Å². The molecule has 3 aromatic rings. The van der Waals surface area contributed by atoms with Gasteiger partial charge in [-0.2, -0.15) is 4.98 Å². The van der Waals surface area contributed by atoms with E-state index in [4.69, 9.17) is 14.6 Å². The molecule has 0 saturated heterocycles. The fourth-order valence-electron chi connectivity index (χ4n) is 4.25. The van der Waals surface area contributed by atoms with Gasteiger partial charge in [-0.3, -0.25) is 4.79 Å². The molecule has 2 heterocycles. The quantitative estimate of drug-likeness (QED) is 0.292. The molecule has 0 spiro atoms. The van der Waals surface area contributed by atoms with Crippen LogP contribution in [0.2, 0.25) is 0 Å². The number of hydrogen-bond acceptors (Lipinski definition) is 7. The van der Waals surface area contributed by atoms with Gasteiger partial charge in [0.15, 0.2) is 11.5 Å². The molecule has 196 valence electrons. The van der Waals surface area contributed by atoms with Gasteiger partial charge < -0.3 is 20.1 Å². The number of carbonyl (C=O) groups is 1. The van der Waals surface area contributed by atoms with Gasteiger partial charge >= 0.3 is 0 Å². The average Bonchev–Trinajstić information content (AvgIpc) is 3.24. The van der Waals surface area contributed by atoms with Gasteiger partial charge in [0.25, 0.3) is 5.91 Å². The van der Waals surface area contributed by atoms with E-state index >= 15 is 0 Å². The number of methoxy groups -OCH3 is 1. The average molecular weight is 587 g/mol. The van der Waals surface area contributed by atoms with Gasteiger partial charge in [0, 0.05) is 11.4 Å². The highest BCUT2D eigenvalue weighted by Crippen LogP contribution is 2.43. The third-order valence-electron chi connectivity index (χ3n) is 6.13. The van der Waals surface area contributed by atoms with E-state index < -0.39 is 6.04 Å². The summed E-state index contributed by atoms with van der Waals surface area (Å²) in [6.07, 6.45) is -0.0356. The van der Waals surface area contributed by atoms with Crippen molar-refractivity contribution in [3.8, 4) is 11.5 Å². The summed E-state index contributed by atoms with van der Waals surface area (Å²) < 4.78 is 14.2.